The van der Waals surface area contributed by atoms with Gasteiger partial charge in [0.2, 0.25) is 10.0 Å². The quantitative estimate of drug-likeness (QED) is 0.683. The van der Waals surface area contributed by atoms with Crippen molar-refractivity contribution in [3.8, 4) is 0 Å². The summed E-state index contributed by atoms with van der Waals surface area (Å²) in [6, 6.07) is 17.6. The van der Waals surface area contributed by atoms with Crippen molar-refractivity contribution in [3.05, 3.63) is 71.2 Å². The molecule has 4 rings (SSSR count). The van der Waals surface area contributed by atoms with Crippen LogP contribution in [0.2, 0.25) is 5.02 Å². The van der Waals surface area contributed by atoms with Crippen LogP contribution in [0.3, 0.4) is 0 Å². The van der Waals surface area contributed by atoms with E-state index >= 15 is 0 Å². The van der Waals surface area contributed by atoms with Crippen LogP contribution in [-0.4, -0.2) is 44.9 Å². The van der Waals surface area contributed by atoms with E-state index in [2.05, 4.69) is 5.32 Å². The maximum atomic E-state index is 13.0. The predicted octanol–water partition coefficient (Wildman–Crippen LogP) is 3.77. The second-order valence-corrected chi connectivity index (χ2v) is 8.96. The largest absolute Gasteiger partial charge is 0.379 e. The fraction of sp³-hybridized carbons (Fsp3) is 0.190. The van der Waals surface area contributed by atoms with Gasteiger partial charge in [0.05, 0.1) is 18.2 Å². The molecule has 0 spiro atoms. The van der Waals surface area contributed by atoms with Crippen LogP contribution in [0.4, 0.5) is 5.69 Å². The van der Waals surface area contributed by atoms with Crippen molar-refractivity contribution in [1.29, 1.82) is 0 Å². The van der Waals surface area contributed by atoms with E-state index in [-0.39, 0.29) is 28.6 Å². The molecule has 150 valence electrons. The number of halogens is 1. The minimum Gasteiger partial charge on any atom is -0.379 e. The number of fused-ring (bicyclic) bond motifs is 1. The second-order valence-electron chi connectivity index (χ2n) is 6.64. The first-order valence-electron chi connectivity index (χ1n) is 9.13. The van der Waals surface area contributed by atoms with Crippen LogP contribution in [0, 0.1) is 0 Å². The molecule has 0 aliphatic carbocycles. The summed E-state index contributed by atoms with van der Waals surface area (Å²) < 4.78 is 32.5. The molecular formula is C21H19ClN2O4S. The van der Waals surface area contributed by atoms with Crippen LogP contribution in [0.1, 0.15) is 10.4 Å². The Bertz CT molecular complexity index is 1170. The first-order chi connectivity index (χ1) is 14.0. The fourth-order valence-corrected chi connectivity index (χ4v) is 5.21. The van der Waals surface area contributed by atoms with Gasteiger partial charge in [0.1, 0.15) is 4.90 Å². The first-order valence-corrected chi connectivity index (χ1v) is 11.0. The highest BCUT2D eigenvalue weighted by Gasteiger charge is 2.29. The Labute approximate surface area is 174 Å². The Kier molecular flexibility index (Phi) is 5.56. The summed E-state index contributed by atoms with van der Waals surface area (Å²) in [5, 5.41) is 4.85. The van der Waals surface area contributed by atoms with Gasteiger partial charge in [-0.2, -0.15) is 4.31 Å². The Morgan fingerprint density at radius 1 is 1.00 bits per heavy atom. The van der Waals surface area contributed by atoms with E-state index in [0.717, 1.165) is 10.8 Å². The van der Waals surface area contributed by atoms with E-state index in [1.807, 2.05) is 42.5 Å². The molecule has 0 unspecified atom stereocenters. The van der Waals surface area contributed by atoms with Crippen molar-refractivity contribution in [2.24, 2.45) is 0 Å². The number of anilines is 1. The van der Waals surface area contributed by atoms with Gasteiger partial charge in [-0.15, -0.1) is 0 Å². The number of hydrogen-bond donors (Lipinski definition) is 1. The number of carbonyl (C=O) groups is 1. The number of hydrogen-bond acceptors (Lipinski definition) is 4. The van der Waals surface area contributed by atoms with Crippen LogP contribution in [0.25, 0.3) is 10.8 Å². The molecule has 1 heterocycles. The Morgan fingerprint density at radius 3 is 2.52 bits per heavy atom. The zero-order valence-corrected chi connectivity index (χ0v) is 17.0. The molecule has 0 atom stereocenters. The predicted molar refractivity (Wildman–Crippen MR) is 113 cm³/mol. The van der Waals surface area contributed by atoms with E-state index in [0.29, 0.717) is 18.9 Å². The van der Waals surface area contributed by atoms with E-state index in [1.165, 1.54) is 22.5 Å². The molecule has 1 amide bonds. The standard InChI is InChI=1S/C21H19ClN2O4S/c22-18-9-8-16(14-20(18)29(26,27)24-10-12-28-13-11-24)21(25)23-19-7-3-5-15-4-1-2-6-17(15)19/h1-9,14H,10-13H2,(H,23,25). The highest BCUT2D eigenvalue weighted by Crippen LogP contribution is 2.28. The van der Waals surface area contributed by atoms with Gasteiger partial charge >= 0.3 is 0 Å². The maximum absolute atomic E-state index is 13.0. The summed E-state index contributed by atoms with van der Waals surface area (Å²) in [5.41, 5.74) is 0.870. The molecule has 1 N–H and O–H groups in total. The number of nitrogens with one attached hydrogen (secondary N) is 1. The molecular weight excluding hydrogens is 412 g/mol. The minimum atomic E-state index is -3.81. The fourth-order valence-electron chi connectivity index (χ4n) is 3.30. The number of sulfonamides is 1. The lowest BCUT2D eigenvalue weighted by molar-refractivity contribution is 0.0730. The minimum absolute atomic E-state index is 0.0772. The summed E-state index contributed by atoms with van der Waals surface area (Å²) in [5.74, 6) is -0.406. The molecule has 3 aromatic carbocycles. The van der Waals surface area contributed by atoms with Crippen LogP contribution in [-0.2, 0) is 14.8 Å². The van der Waals surface area contributed by atoms with Crippen LogP contribution in [0.5, 0.6) is 0 Å². The van der Waals surface area contributed by atoms with Gasteiger partial charge in [-0.1, -0.05) is 48.0 Å². The third kappa shape index (κ3) is 4.00. The first kappa shape index (κ1) is 19.8. The van der Waals surface area contributed by atoms with Gasteiger partial charge in [-0.05, 0) is 29.7 Å². The van der Waals surface area contributed by atoms with E-state index in [4.69, 9.17) is 16.3 Å². The molecule has 8 heteroatoms. The lowest BCUT2D eigenvalue weighted by atomic mass is 10.1. The number of benzene rings is 3. The zero-order chi connectivity index (χ0) is 20.4. The summed E-state index contributed by atoms with van der Waals surface area (Å²) in [6.45, 7) is 1.17. The molecule has 6 nitrogen and oxygen atoms in total. The highest BCUT2D eigenvalue weighted by molar-refractivity contribution is 7.89. The van der Waals surface area contributed by atoms with Gasteiger partial charge in [0.25, 0.3) is 5.91 Å². The van der Waals surface area contributed by atoms with Gasteiger partial charge in [-0.25, -0.2) is 8.42 Å². The van der Waals surface area contributed by atoms with E-state index in [9.17, 15) is 13.2 Å². The highest BCUT2D eigenvalue weighted by atomic mass is 35.5. The van der Waals surface area contributed by atoms with E-state index in [1.54, 1.807) is 0 Å². The number of nitrogens with zero attached hydrogens (tertiary/aromatic N) is 1. The topological polar surface area (TPSA) is 75.7 Å². The third-order valence-electron chi connectivity index (χ3n) is 4.82. The van der Waals surface area contributed by atoms with Gasteiger partial charge in [0, 0.05) is 29.7 Å². The molecule has 3 aromatic rings. The van der Waals surface area contributed by atoms with Crippen molar-refractivity contribution in [1.82, 2.24) is 4.31 Å². The third-order valence-corrected chi connectivity index (χ3v) is 7.20. The molecule has 0 bridgehead atoms. The van der Waals surface area contributed by atoms with Gasteiger partial charge < -0.3 is 10.1 Å². The van der Waals surface area contributed by atoms with Crippen molar-refractivity contribution in [2.45, 2.75) is 4.90 Å². The number of ether oxygens (including phenoxy) is 1. The monoisotopic (exact) mass is 430 g/mol. The molecule has 1 fully saturated rings. The summed E-state index contributed by atoms with van der Waals surface area (Å²) in [6.07, 6.45) is 0. The second kappa shape index (κ2) is 8.12. The number of rotatable bonds is 4. The molecule has 1 aliphatic rings. The molecule has 0 radical (unpaired) electrons. The lowest BCUT2D eigenvalue weighted by Crippen LogP contribution is -2.40. The Balaban J connectivity index is 1.65. The van der Waals surface area contributed by atoms with Gasteiger partial charge in [-0.3, -0.25) is 4.79 Å². The van der Waals surface area contributed by atoms with Crippen molar-refractivity contribution < 1.29 is 17.9 Å². The Morgan fingerprint density at radius 2 is 1.72 bits per heavy atom. The normalized spacial score (nSPS) is 15.3. The number of amides is 1. The van der Waals surface area contributed by atoms with Crippen LogP contribution >= 0.6 is 11.6 Å². The zero-order valence-electron chi connectivity index (χ0n) is 15.5. The lowest BCUT2D eigenvalue weighted by Gasteiger charge is -2.26. The molecule has 0 saturated carbocycles. The van der Waals surface area contributed by atoms with Crippen molar-refractivity contribution in [3.63, 3.8) is 0 Å². The molecule has 29 heavy (non-hydrogen) atoms. The van der Waals surface area contributed by atoms with Crippen molar-refractivity contribution in [2.75, 3.05) is 31.6 Å². The average Bonchev–Trinajstić information content (AvgIpc) is 2.75. The maximum Gasteiger partial charge on any atom is 0.255 e. The summed E-state index contributed by atoms with van der Waals surface area (Å²) in [7, 11) is -3.81. The van der Waals surface area contributed by atoms with Crippen LogP contribution < -0.4 is 5.32 Å². The summed E-state index contributed by atoms with van der Waals surface area (Å²) >= 11 is 6.17. The van der Waals surface area contributed by atoms with E-state index < -0.39 is 15.9 Å². The van der Waals surface area contributed by atoms with Crippen molar-refractivity contribution >= 4 is 44.0 Å². The Hall–Kier alpha value is -2.45. The molecule has 0 aromatic heterocycles. The molecule has 1 aliphatic heterocycles. The SMILES string of the molecule is O=C(Nc1cccc2ccccc12)c1ccc(Cl)c(S(=O)(=O)N2CCOCC2)c1. The smallest absolute Gasteiger partial charge is 0.255 e. The number of carbonyl (C=O) groups excluding carboxylic acids is 1. The van der Waals surface area contributed by atoms with Gasteiger partial charge in [0.15, 0.2) is 0 Å². The average molecular weight is 431 g/mol. The molecule has 1 saturated heterocycles. The summed E-state index contributed by atoms with van der Waals surface area (Å²) in [4.78, 5) is 12.8. The number of morpholine rings is 1. The van der Waals surface area contributed by atoms with Crippen LogP contribution in [0.15, 0.2) is 65.6 Å².